The third-order valence-corrected chi connectivity index (χ3v) is 6.60. The molecule has 10 heteroatoms. The lowest BCUT2D eigenvalue weighted by Gasteiger charge is -2.13. The Morgan fingerprint density at radius 2 is 2.07 bits per heavy atom. The number of methoxy groups -OCH3 is 1. The van der Waals surface area contributed by atoms with Gasteiger partial charge in [-0.3, -0.25) is 4.79 Å². The number of halogens is 2. The number of nitrogens with one attached hydrogen (secondary N) is 1. The number of rotatable bonds is 6. The highest BCUT2D eigenvalue weighted by molar-refractivity contribution is 7.91. The standard InChI is InChI=1S/C19H19ClFNO5S.H2S/c1-26-18-5-3-14(28(24,25)11-12-6-7-27-10-12)9-15(18)19(23)22-13-2-4-17(21)16(20)8-13;/h2-5,8-9,12H,6-7,10-11H2,1H3,(H,22,23);1H2/t12-;/m0./s1. The van der Waals surface area contributed by atoms with E-state index in [1.165, 1.54) is 37.4 Å². The van der Waals surface area contributed by atoms with Crippen LogP contribution in [0.15, 0.2) is 41.3 Å². The second kappa shape index (κ2) is 9.80. The quantitative estimate of drug-likeness (QED) is 0.709. The summed E-state index contributed by atoms with van der Waals surface area (Å²) in [5, 5.41) is 2.43. The topological polar surface area (TPSA) is 81.7 Å². The van der Waals surface area contributed by atoms with Crippen molar-refractivity contribution in [3.63, 3.8) is 0 Å². The van der Waals surface area contributed by atoms with E-state index in [1.807, 2.05) is 0 Å². The zero-order chi connectivity index (χ0) is 20.3. The number of benzene rings is 2. The third-order valence-electron chi connectivity index (χ3n) is 4.43. The molecular weight excluding hydrogens is 441 g/mol. The first kappa shape index (κ1) is 23.5. The van der Waals surface area contributed by atoms with Gasteiger partial charge in [-0.05, 0) is 48.7 Å². The molecule has 0 spiro atoms. The second-order valence-electron chi connectivity index (χ2n) is 6.46. The molecule has 3 rings (SSSR count). The monoisotopic (exact) mass is 461 g/mol. The summed E-state index contributed by atoms with van der Waals surface area (Å²) in [5.41, 5.74) is 0.321. The smallest absolute Gasteiger partial charge is 0.259 e. The lowest BCUT2D eigenvalue weighted by atomic mass is 10.1. The van der Waals surface area contributed by atoms with E-state index >= 15 is 0 Å². The van der Waals surface area contributed by atoms with E-state index in [0.717, 1.165) is 6.07 Å². The van der Waals surface area contributed by atoms with Crippen molar-refractivity contribution < 1.29 is 27.1 Å². The van der Waals surface area contributed by atoms with Gasteiger partial charge in [-0.25, -0.2) is 12.8 Å². The molecule has 0 radical (unpaired) electrons. The number of carbonyl (C=O) groups excluding carboxylic acids is 1. The average molecular weight is 462 g/mol. The maximum absolute atomic E-state index is 13.3. The number of carbonyl (C=O) groups is 1. The highest BCUT2D eigenvalue weighted by Gasteiger charge is 2.26. The van der Waals surface area contributed by atoms with Crippen LogP contribution >= 0.6 is 25.1 Å². The minimum absolute atomic E-state index is 0. The van der Waals surface area contributed by atoms with Crippen LogP contribution in [0, 0.1) is 11.7 Å². The van der Waals surface area contributed by atoms with Gasteiger partial charge in [-0.1, -0.05) is 11.6 Å². The van der Waals surface area contributed by atoms with Crippen molar-refractivity contribution in [1.29, 1.82) is 0 Å². The Morgan fingerprint density at radius 3 is 2.69 bits per heavy atom. The molecule has 0 bridgehead atoms. The minimum Gasteiger partial charge on any atom is -0.496 e. The zero-order valence-electron chi connectivity index (χ0n) is 15.6. The zero-order valence-corrected chi connectivity index (χ0v) is 18.1. The van der Waals surface area contributed by atoms with Gasteiger partial charge in [0.15, 0.2) is 9.84 Å². The normalized spacial score (nSPS) is 16.2. The number of hydrogen-bond acceptors (Lipinski definition) is 5. The van der Waals surface area contributed by atoms with Crippen LogP contribution in [0.4, 0.5) is 10.1 Å². The van der Waals surface area contributed by atoms with E-state index in [4.69, 9.17) is 21.1 Å². The van der Waals surface area contributed by atoms with Gasteiger partial charge in [0, 0.05) is 12.3 Å². The molecule has 1 atom stereocenters. The summed E-state index contributed by atoms with van der Waals surface area (Å²) in [5.74, 6) is -1.10. The fourth-order valence-corrected chi connectivity index (χ4v) is 4.78. The van der Waals surface area contributed by atoms with Gasteiger partial charge in [0.05, 0.1) is 35.0 Å². The molecule has 1 aliphatic rings. The van der Waals surface area contributed by atoms with Crippen LogP contribution in [0.25, 0.3) is 0 Å². The molecule has 1 aliphatic heterocycles. The van der Waals surface area contributed by atoms with Crippen LogP contribution in [-0.2, 0) is 14.6 Å². The summed E-state index contributed by atoms with van der Waals surface area (Å²) in [6.07, 6.45) is 0.689. The van der Waals surface area contributed by atoms with Crippen molar-refractivity contribution >= 4 is 46.5 Å². The third kappa shape index (κ3) is 5.63. The van der Waals surface area contributed by atoms with E-state index in [1.54, 1.807) is 0 Å². The summed E-state index contributed by atoms with van der Waals surface area (Å²) < 4.78 is 49.1. The van der Waals surface area contributed by atoms with Crippen LogP contribution in [0.2, 0.25) is 5.02 Å². The summed E-state index contributed by atoms with van der Waals surface area (Å²) in [6, 6.07) is 7.87. The molecule has 6 nitrogen and oxygen atoms in total. The second-order valence-corrected chi connectivity index (χ2v) is 8.90. The maximum Gasteiger partial charge on any atom is 0.259 e. The summed E-state index contributed by atoms with van der Waals surface area (Å²) in [4.78, 5) is 12.7. The van der Waals surface area contributed by atoms with Crippen molar-refractivity contribution in [3.05, 3.63) is 52.8 Å². The van der Waals surface area contributed by atoms with Crippen molar-refractivity contribution in [2.24, 2.45) is 5.92 Å². The molecule has 1 fully saturated rings. The van der Waals surface area contributed by atoms with Crippen LogP contribution < -0.4 is 10.1 Å². The Morgan fingerprint density at radius 1 is 1.31 bits per heavy atom. The van der Waals surface area contributed by atoms with Gasteiger partial charge in [0.25, 0.3) is 5.91 Å². The highest BCUT2D eigenvalue weighted by Crippen LogP contribution is 2.27. The predicted molar refractivity (Wildman–Crippen MR) is 114 cm³/mol. The highest BCUT2D eigenvalue weighted by atomic mass is 35.5. The largest absolute Gasteiger partial charge is 0.496 e. The lowest BCUT2D eigenvalue weighted by molar-refractivity contribution is 0.102. The average Bonchev–Trinajstić information content (AvgIpc) is 3.16. The fourth-order valence-electron chi connectivity index (χ4n) is 2.95. The molecule has 0 saturated carbocycles. The summed E-state index contributed by atoms with van der Waals surface area (Å²) in [7, 11) is -2.22. The first-order chi connectivity index (χ1) is 13.3. The number of amides is 1. The number of anilines is 1. The van der Waals surface area contributed by atoms with E-state index < -0.39 is 21.6 Å². The Bertz CT molecular complexity index is 994. The van der Waals surface area contributed by atoms with E-state index in [0.29, 0.717) is 19.6 Å². The molecule has 0 aromatic heterocycles. The SMILES string of the molecule is COc1ccc(S(=O)(=O)C[C@H]2CCOC2)cc1C(=O)Nc1ccc(F)c(Cl)c1.S. The summed E-state index contributed by atoms with van der Waals surface area (Å²) in [6.45, 7) is 0.963. The van der Waals surface area contributed by atoms with E-state index in [2.05, 4.69) is 5.32 Å². The van der Waals surface area contributed by atoms with Gasteiger partial charge >= 0.3 is 0 Å². The van der Waals surface area contributed by atoms with Crippen LogP contribution in [-0.4, -0.2) is 40.4 Å². The van der Waals surface area contributed by atoms with Crippen molar-refractivity contribution in [1.82, 2.24) is 0 Å². The van der Waals surface area contributed by atoms with Gasteiger partial charge < -0.3 is 14.8 Å². The minimum atomic E-state index is -3.60. The van der Waals surface area contributed by atoms with Crippen molar-refractivity contribution in [2.75, 3.05) is 31.4 Å². The molecule has 1 amide bonds. The van der Waals surface area contributed by atoms with Crippen LogP contribution in [0.5, 0.6) is 5.75 Å². The predicted octanol–water partition coefficient (Wildman–Crippen LogP) is 3.66. The molecule has 1 heterocycles. The molecule has 0 aliphatic carbocycles. The summed E-state index contributed by atoms with van der Waals surface area (Å²) >= 11 is 5.73. The Balaban J connectivity index is 0.00000300. The fraction of sp³-hybridized carbons (Fsp3) is 0.316. The van der Waals surface area contributed by atoms with Crippen molar-refractivity contribution in [3.8, 4) is 5.75 Å². The molecule has 1 N–H and O–H groups in total. The number of ether oxygens (including phenoxy) is 2. The molecule has 29 heavy (non-hydrogen) atoms. The van der Waals surface area contributed by atoms with E-state index in [-0.39, 0.29) is 52.1 Å². The Hall–Kier alpha value is -1.81. The number of hydrogen-bond donors (Lipinski definition) is 1. The van der Waals surface area contributed by atoms with Crippen LogP contribution in [0.1, 0.15) is 16.8 Å². The Kier molecular flexibility index (Phi) is 7.93. The van der Waals surface area contributed by atoms with Crippen molar-refractivity contribution in [2.45, 2.75) is 11.3 Å². The maximum atomic E-state index is 13.3. The molecule has 158 valence electrons. The van der Waals surface area contributed by atoms with Gasteiger partial charge in [0.2, 0.25) is 0 Å². The van der Waals surface area contributed by atoms with Crippen LogP contribution in [0.3, 0.4) is 0 Å². The molecule has 0 unspecified atom stereocenters. The lowest BCUT2D eigenvalue weighted by Crippen LogP contribution is -2.18. The van der Waals surface area contributed by atoms with Gasteiger partial charge in [-0.15, -0.1) is 0 Å². The first-order valence-electron chi connectivity index (χ1n) is 8.55. The molecular formula is C19H21ClFNO5S2. The Labute approximate surface area is 180 Å². The molecule has 2 aromatic rings. The first-order valence-corrected chi connectivity index (χ1v) is 10.6. The van der Waals surface area contributed by atoms with E-state index in [9.17, 15) is 17.6 Å². The molecule has 1 saturated heterocycles. The molecule has 2 aromatic carbocycles. The van der Waals surface area contributed by atoms with Gasteiger partial charge in [0.1, 0.15) is 11.6 Å². The number of sulfone groups is 1. The van der Waals surface area contributed by atoms with Gasteiger partial charge in [-0.2, -0.15) is 13.5 Å².